The number of thiophene rings is 1. The first-order chi connectivity index (χ1) is 8.66. The molecular formula is C13H14N2O2S. The van der Waals surface area contributed by atoms with Crippen LogP contribution < -0.4 is 5.56 Å². The molecule has 0 atom stereocenters. The molecule has 5 heteroatoms. The molecule has 0 amide bonds. The minimum Gasteiger partial charge on any atom is -0.298 e. The first-order valence-corrected chi connectivity index (χ1v) is 6.97. The zero-order valence-electron chi connectivity index (χ0n) is 10.2. The van der Waals surface area contributed by atoms with Gasteiger partial charge >= 0.3 is 0 Å². The number of carbonyl (C=O) groups is 1. The van der Waals surface area contributed by atoms with Crippen LogP contribution in [0.3, 0.4) is 0 Å². The fourth-order valence-electron chi connectivity index (χ4n) is 2.53. The Labute approximate surface area is 108 Å². The van der Waals surface area contributed by atoms with Crippen LogP contribution in [0.1, 0.15) is 30.2 Å². The summed E-state index contributed by atoms with van der Waals surface area (Å²) < 4.78 is 1.42. The van der Waals surface area contributed by atoms with Crippen LogP contribution in [-0.2, 0) is 24.2 Å². The Bertz CT molecular complexity index is 684. The van der Waals surface area contributed by atoms with Crippen molar-refractivity contribution in [2.24, 2.45) is 0 Å². The van der Waals surface area contributed by atoms with Crippen LogP contribution in [0.25, 0.3) is 10.2 Å². The van der Waals surface area contributed by atoms with Crippen molar-refractivity contribution in [2.75, 3.05) is 0 Å². The van der Waals surface area contributed by atoms with Crippen LogP contribution >= 0.6 is 11.3 Å². The summed E-state index contributed by atoms with van der Waals surface area (Å²) in [5, 5.41) is 0.749. The molecule has 0 unspecified atom stereocenters. The molecule has 0 spiro atoms. The second-order valence-electron chi connectivity index (χ2n) is 4.77. The number of nitrogens with zero attached hydrogens (tertiary/aromatic N) is 2. The standard InChI is InChI=1S/C13H14N2O2S/c1-8(16)6-15-7-14-12-11(13(15)17)9-4-2-3-5-10(9)18-12/h7H,2-6H2,1H3. The average molecular weight is 262 g/mol. The van der Waals surface area contributed by atoms with Crippen molar-refractivity contribution in [1.82, 2.24) is 9.55 Å². The smallest absolute Gasteiger partial charge is 0.262 e. The molecule has 0 aromatic carbocycles. The molecular weight excluding hydrogens is 248 g/mol. The van der Waals surface area contributed by atoms with Crippen molar-refractivity contribution < 1.29 is 4.79 Å². The first-order valence-electron chi connectivity index (χ1n) is 6.16. The predicted molar refractivity (Wildman–Crippen MR) is 71.2 cm³/mol. The molecule has 0 fully saturated rings. The maximum absolute atomic E-state index is 12.4. The summed E-state index contributed by atoms with van der Waals surface area (Å²) in [5.41, 5.74) is 1.12. The highest BCUT2D eigenvalue weighted by Gasteiger charge is 2.19. The monoisotopic (exact) mass is 262 g/mol. The predicted octanol–water partition coefficient (Wildman–Crippen LogP) is 1.93. The van der Waals surface area contributed by atoms with Gasteiger partial charge in [0.1, 0.15) is 10.6 Å². The summed E-state index contributed by atoms with van der Waals surface area (Å²) in [7, 11) is 0. The number of aryl methyl sites for hydroxylation is 2. The topological polar surface area (TPSA) is 52.0 Å². The van der Waals surface area contributed by atoms with Crippen molar-refractivity contribution in [3.63, 3.8) is 0 Å². The molecule has 94 valence electrons. The highest BCUT2D eigenvalue weighted by atomic mass is 32.1. The molecule has 2 heterocycles. The molecule has 3 rings (SSSR count). The lowest BCUT2D eigenvalue weighted by molar-refractivity contribution is -0.117. The number of hydrogen-bond donors (Lipinski definition) is 0. The van der Waals surface area contributed by atoms with Crippen molar-refractivity contribution in [3.8, 4) is 0 Å². The van der Waals surface area contributed by atoms with E-state index in [-0.39, 0.29) is 17.9 Å². The van der Waals surface area contributed by atoms with E-state index in [2.05, 4.69) is 4.98 Å². The van der Waals surface area contributed by atoms with Gasteiger partial charge < -0.3 is 0 Å². The summed E-state index contributed by atoms with van der Waals surface area (Å²) in [5.74, 6) is -0.0256. The second kappa shape index (κ2) is 4.31. The minimum atomic E-state index is -0.0606. The van der Waals surface area contributed by atoms with Crippen molar-refractivity contribution >= 4 is 27.3 Å². The molecule has 1 aliphatic carbocycles. The van der Waals surface area contributed by atoms with E-state index in [0.29, 0.717) is 0 Å². The lowest BCUT2D eigenvalue weighted by Gasteiger charge is -2.10. The van der Waals surface area contributed by atoms with E-state index in [1.54, 1.807) is 11.3 Å². The van der Waals surface area contributed by atoms with Crippen LogP contribution in [0, 0.1) is 0 Å². The molecule has 18 heavy (non-hydrogen) atoms. The van der Waals surface area contributed by atoms with Gasteiger partial charge in [-0.1, -0.05) is 0 Å². The largest absolute Gasteiger partial charge is 0.298 e. The van der Waals surface area contributed by atoms with E-state index in [0.717, 1.165) is 29.5 Å². The van der Waals surface area contributed by atoms with E-state index in [1.165, 1.54) is 34.7 Å². The van der Waals surface area contributed by atoms with E-state index >= 15 is 0 Å². The number of aromatic nitrogens is 2. The highest BCUT2D eigenvalue weighted by molar-refractivity contribution is 7.18. The molecule has 1 aliphatic rings. The normalized spacial score (nSPS) is 14.7. The summed E-state index contributed by atoms with van der Waals surface area (Å²) in [4.78, 5) is 30.0. The maximum atomic E-state index is 12.4. The molecule has 2 aromatic rings. The number of ketones is 1. The zero-order chi connectivity index (χ0) is 12.7. The van der Waals surface area contributed by atoms with Crippen molar-refractivity contribution in [3.05, 3.63) is 27.1 Å². The summed E-state index contributed by atoms with van der Waals surface area (Å²) >= 11 is 1.63. The van der Waals surface area contributed by atoms with Crippen LogP contribution in [0.2, 0.25) is 0 Å². The third-order valence-electron chi connectivity index (χ3n) is 3.33. The summed E-state index contributed by atoms with van der Waals surface area (Å²) in [6, 6.07) is 0. The number of fused-ring (bicyclic) bond motifs is 3. The number of Topliss-reactive ketones (excluding diaryl/α,β-unsaturated/α-hetero) is 1. The quantitative estimate of drug-likeness (QED) is 0.831. The van der Waals surface area contributed by atoms with Gasteiger partial charge in [-0.15, -0.1) is 11.3 Å². The Morgan fingerprint density at radius 1 is 1.44 bits per heavy atom. The lowest BCUT2D eigenvalue weighted by Crippen LogP contribution is -2.23. The van der Waals surface area contributed by atoms with E-state index in [4.69, 9.17) is 0 Å². The molecule has 0 aliphatic heterocycles. The van der Waals surface area contributed by atoms with E-state index < -0.39 is 0 Å². The SMILES string of the molecule is CC(=O)Cn1cnc2sc3c(c2c1=O)CCCC3. The molecule has 0 radical (unpaired) electrons. The lowest BCUT2D eigenvalue weighted by atomic mass is 9.97. The fourth-order valence-corrected chi connectivity index (χ4v) is 3.75. The highest BCUT2D eigenvalue weighted by Crippen LogP contribution is 2.33. The maximum Gasteiger partial charge on any atom is 0.262 e. The van der Waals surface area contributed by atoms with Crippen molar-refractivity contribution in [2.45, 2.75) is 39.2 Å². The van der Waals surface area contributed by atoms with E-state index in [1.807, 2.05) is 0 Å². The van der Waals surface area contributed by atoms with Crippen LogP contribution in [0.4, 0.5) is 0 Å². The molecule has 4 nitrogen and oxygen atoms in total. The molecule has 2 aromatic heterocycles. The van der Waals surface area contributed by atoms with Crippen LogP contribution in [-0.4, -0.2) is 15.3 Å². The van der Waals surface area contributed by atoms with Gasteiger partial charge in [-0.2, -0.15) is 0 Å². The Balaban J connectivity index is 2.24. The third kappa shape index (κ3) is 1.79. The molecule has 0 saturated carbocycles. The molecule has 0 N–H and O–H groups in total. The van der Waals surface area contributed by atoms with Crippen LogP contribution in [0.15, 0.2) is 11.1 Å². The number of rotatable bonds is 2. The Kier molecular flexibility index (Phi) is 2.78. The van der Waals surface area contributed by atoms with Gasteiger partial charge in [0.05, 0.1) is 18.3 Å². The second-order valence-corrected chi connectivity index (χ2v) is 5.85. The summed E-state index contributed by atoms with van der Waals surface area (Å²) in [6.45, 7) is 1.60. The number of carbonyl (C=O) groups excluding carboxylic acids is 1. The van der Waals surface area contributed by atoms with Crippen LogP contribution in [0.5, 0.6) is 0 Å². The Hall–Kier alpha value is -1.49. The van der Waals surface area contributed by atoms with E-state index in [9.17, 15) is 9.59 Å². The van der Waals surface area contributed by atoms with Gasteiger partial charge in [-0.05, 0) is 38.2 Å². The zero-order valence-corrected chi connectivity index (χ0v) is 11.0. The Morgan fingerprint density at radius 3 is 3.00 bits per heavy atom. The van der Waals surface area contributed by atoms with Gasteiger partial charge in [-0.25, -0.2) is 4.98 Å². The van der Waals surface area contributed by atoms with Gasteiger partial charge in [-0.3, -0.25) is 14.2 Å². The summed E-state index contributed by atoms with van der Waals surface area (Å²) in [6.07, 6.45) is 5.86. The Morgan fingerprint density at radius 2 is 2.22 bits per heavy atom. The van der Waals surface area contributed by atoms with Crippen molar-refractivity contribution in [1.29, 1.82) is 0 Å². The molecule has 0 bridgehead atoms. The van der Waals surface area contributed by atoms with Gasteiger partial charge in [0.15, 0.2) is 0 Å². The van der Waals surface area contributed by atoms with Gasteiger partial charge in [0.2, 0.25) is 0 Å². The number of hydrogen-bond acceptors (Lipinski definition) is 4. The molecule has 0 saturated heterocycles. The minimum absolute atomic E-state index is 0.0256. The third-order valence-corrected chi connectivity index (χ3v) is 4.53. The average Bonchev–Trinajstić information content (AvgIpc) is 2.71. The first kappa shape index (κ1) is 11.6. The fraction of sp³-hybridized carbons (Fsp3) is 0.462. The van der Waals surface area contributed by atoms with Gasteiger partial charge in [0.25, 0.3) is 5.56 Å². The van der Waals surface area contributed by atoms with Gasteiger partial charge in [0, 0.05) is 4.88 Å².